The van der Waals surface area contributed by atoms with Crippen LogP contribution < -0.4 is 14.8 Å². The predicted molar refractivity (Wildman–Crippen MR) is 91.7 cm³/mol. The highest BCUT2D eigenvalue weighted by Crippen LogP contribution is 2.31. The Balaban J connectivity index is 2.07. The van der Waals surface area contributed by atoms with Gasteiger partial charge in [0.2, 0.25) is 0 Å². The highest BCUT2D eigenvalue weighted by Gasteiger charge is 2.07. The summed E-state index contributed by atoms with van der Waals surface area (Å²) in [6.45, 7) is 5.85. The van der Waals surface area contributed by atoms with Gasteiger partial charge in [-0.15, -0.1) is 0 Å². The number of anilines is 1. The molecule has 0 saturated heterocycles. The molecule has 4 heteroatoms. The average Bonchev–Trinajstić information content (AvgIpc) is 2.58. The van der Waals surface area contributed by atoms with Gasteiger partial charge in [-0.2, -0.15) is 0 Å². The second-order valence-corrected chi connectivity index (χ2v) is 5.30. The third-order valence-corrected chi connectivity index (χ3v) is 3.31. The van der Waals surface area contributed by atoms with Gasteiger partial charge in [-0.05, 0) is 31.0 Å². The predicted octanol–water partition coefficient (Wildman–Crippen LogP) is 5.02. The standard InChI is InChI=1S/C19H24FNO2/c1-3-11-22-18-10-9-16(13-19(18)23-12-4-2)21-14-15-7-5-6-8-17(15)20/h5-10,13,21H,3-4,11-12,14H2,1-2H3. The van der Waals surface area contributed by atoms with Crippen molar-refractivity contribution >= 4 is 5.69 Å². The molecule has 0 aliphatic heterocycles. The fourth-order valence-corrected chi connectivity index (χ4v) is 2.11. The first-order chi connectivity index (χ1) is 11.2. The first kappa shape index (κ1) is 17.1. The Kier molecular flexibility index (Phi) is 6.73. The third kappa shape index (κ3) is 5.16. The van der Waals surface area contributed by atoms with Crippen molar-refractivity contribution in [3.63, 3.8) is 0 Å². The van der Waals surface area contributed by atoms with Gasteiger partial charge in [0.25, 0.3) is 0 Å². The van der Waals surface area contributed by atoms with Crippen molar-refractivity contribution in [1.82, 2.24) is 0 Å². The number of nitrogens with one attached hydrogen (secondary N) is 1. The first-order valence-electron chi connectivity index (χ1n) is 8.11. The number of rotatable bonds is 9. The van der Waals surface area contributed by atoms with Crippen LogP contribution in [-0.2, 0) is 6.54 Å². The summed E-state index contributed by atoms with van der Waals surface area (Å²) in [5.41, 5.74) is 1.51. The van der Waals surface area contributed by atoms with Crippen LogP contribution in [-0.4, -0.2) is 13.2 Å². The van der Waals surface area contributed by atoms with E-state index < -0.39 is 0 Å². The summed E-state index contributed by atoms with van der Waals surface area (Å²) < 4.78 is 25.1. The maximum atomic E-state index is 13.7. The smallest absolute Gasteiger partial charge is 0.163 e. The van der Waals surface area contributed by atoms with Crippen molar-refractivity contribution in [1.29, 1.82) is 0 Å². The molecule has 2 aromatic rings. The van der Waals surface area contributed by atoms with E-state index >= 15 is 0 Å². The molecule has 0 bridgehead atoms. The van der Waals surface area contributed by atoms with Crippen LogP contribution in [0.1, 0.15) is 32.3 Å². The number of hydrogen-bond donors (Lipinski definition) is 1. The van der Waals surface area contributed by atoms with E-state index in [1.807, 2.05) is 24.3 Å². The van der Waals surface area contributed by atoms with Crippen LogP contribution in [0, 0.1) is 5.82 Å². The Hall–Kier alpha value is -2.23. The molecule has 0 amide bonds. The van der Waals surface area contributed by atoms with Crippen LogP contribution in [0.15, 0.2) is 42.5 Å². The second-order valence-electron chi connectivity index (χ2n) is 5.30. The molecule has 0 aromatic heterocycles. The molecule has 0 radical (unpaired) electrons. The zero-order valence-electron chi connectivity index (χ0n) is 13.8. The Labute approximate surface area is 137 Å². The van der Waals surface area contributed by atoms with Gasteiger partial charge in [0.15, 0.2) is 11.5 Å². The number of halogens is 1. The van der Waals surface area contributed by atoms with Crippen molar-refractivity contribution in [3.05, 3.63) is 53.8 Å². The van der Waals surface area contributed by atoms with Gasteiger partial charge in [-0.1, -0.05) is 32.0 Å². The molecular formula is C19H24FNO2. The molecule has 0 unspecified atom stereocenters. The van der Waals surface area contributed by atoms with Crippen LogP contribution in [0.25, 0.3) is 0 Å². The molecule has 0 spiro atoms. The molecule has 2 aromatic carbocycles. The lowest BCUT2D eigenvalue weighted by molar-refractivity contribution is 0.268. The molecule has 2 rings (SSSR count). The molecule has 3 nitrogen and oxygen atoms in total. The SMILES string of the molecule is CCCOc1ccc(NCc2ccccc2F)cc1OCCC. The van der Waals surface area contributed by atoms with Crippen molar-refractivity contribution in [2.24, 2.45) is 0 Å². The summed E-state index contributed by atoms with van der Waals surface area (Å²) in [5, 5.41) is 3.23. The van der Waals surface area contributed by atoms with E-state index in [0.717, 1.165) is 30.0 Å². The van der Waals surface area contributed by atoms with E-state index in [2.05, 4.69) is 19.2 Å². The van der Waals surface area contributed by atoms with Crippen LogP contribution in [0.5, 0.6) is 11.5 Å². The van der Waals surface area contributed by atoms with Crippen molar-refractivity contribution in [2.75, 3.05) is 18.5 Å². The molecule has 0 saturated carbocycles. The Morgan fingerprint density at radius 2 is 1.61 bits per heavy atom. The molecule has 0 aliphatic rings. The molecule has 0 heterocycles. The summed E-state index contributed by atoms with van der Waals surface area (Å²) in [6.07, 6.45) is 1.88. The fraction of sp³-hybridized carbons (Fsp3) is 0.368. The lowest BCUT2D eigenvalue weighted by Gasteiger charge is -2.14. The van der Waals surface area contributed by atoms with Crippen LogP contribution in [0.4, 0.5) is 10.1 Å². The Morgan fingerprint density at radius 1 is 0.913 bits per heavy atom. The Bertz CT molecular complexity index is 616. The van der Waals surface area contributed by atoms with E-state index in [1.54, 1.807) is 12.1 Å². The monoisotopic (exact) mass is 317 g/mol. The quantitative estimate of drug-likeness (QED) is 0.705. The maximum absolute atomic E-state index is 13.7. The van der Waals surface area contributed by atoms with Gasteiger partial charge in [-0.25, -0.2) is 4.39 Å². The number of benzene rings is 2. The maximum Gasteiger partial charge on any atom is 0.163 e. The van der Waals surface area contributed by atoms with Crippen LogP contribution in [0.2, 0.25) is 0 Å². The number of hydrogen-bond acceptors (Lipinski definition) is 3. The summed E-state index contributed by atoms with van der Waals surface area (Å²) in [6, 6.07) is 12.5. The minimum Gasteiger partial charge on any atom is -0.490 e. The van der Waals surface area contributed by atoms with E-state index in [-0.39, 0.29) is 5.82 Å². The van der Waals surface area contributed by atoms with Crippen molar-refractivity contribution in [2.45, 2.75) is 33.2 Å². The van der Waals surface area contributed by atoms with E-state index in [9.17, 15) is 4.39 Å². The first-order valence-corrected chi connectivity index (χ1v) is 8.11. The molecule has 23 heavy (non-hydrogen) atoms. The highest BCUT2D eigenvalue weighted by atomic mass is 19.1. The molecule has 124 valence electrons. The zero-order chi connectivity index (χ0) is 16.5. The van der Waals surface area contributed by atoms with E-state index in [4.69, 9.17) is 9.47 Å². The van der Waals surface area contributed by atoms with Crippen LogP contribution in [0.3, 0.4) is 0 Å². The molecule has 0 aliphatic carbocycles. The van der Waals surface area contributed by atoms with Crippen LogP contribution >= 0.6 is 0 Å². The summed E-state index contributed by atoms with van der Waals surface area (Å²) in [4.78, 5) is 0. The topological polar surface area (TPSA) is 30.5 Å². The average molecular weight is 317 g/mol. The van der Waals surface area contributed by atoms with Crippen molar-refractivity contribution < 1.29 is 13.9 Å². The van der Waals surface area contributed by atoms with E-state index in [0.29, 0.717) is 25.3 Å². The minimum absolute atomic E-state index is 0.203. The van der Waals surface area contributed by atoms with E-state index in [1.165, 1.54) is 6.07 Å². The van der Waals surface area contributed by atoms with Gasteiger partial charge in [-0.3, -0.25) is 0 Å². The highest BCUT2D eigenvalue weighted by molar-refractivity contribution is 5.55. The summed E-state index contributed by atoms with van der Waals surface area (Å²) in [5.74, 6) is 1.26. The molecule has 0 atom stereocenters. The normalized spacial score (nSPS) is 10.4. The second kappa shape index (κ2) is 9.03. The molecule has 0 fully saturated rings. The van der Waals surface area contributed by atoms with Gasteiger partial charge >= 0.3 is 0 Å². The largest absolute Gasteiger partial charge is 0.490 e. The zero-order valence-corrected chi connectivity index (χ0v) is 13.8. The summed E-state index contributed by atoms with van der Waals surface area (Å²) >= 11 is 0. The lowest BCUT2D eigenvalue weighted by Crippen LogP contribution is -2.04. The number of ether oxygens (including phenoxy) is 2. The third-order valence-electron chi connectivity index (χ3n) is 3.31. The molecule has 1 N–H and O–H groups in total. The van der Waals surface area contributed by atoms with Crippen molar-refractivity contribution in [3.8, 4) is 11.5 Å². The van der Waals surface area contributed by atoms with Gasteiger partial charge < -0.3 is 14.8 Å². The fourth-order valence-electron chi connectivity index (χ4n) is 2.11. The van der Waals surface area contributed by atoms with Gasteiger partial charge in [0, 0.05) is 23.9 Å². The Morgan fingerprint density at radius 3 is 2.30 bits per heavy atom. The van der Waals surface area contributed by atoms with Gasteiger partial charge in [0.05, 0.1) is 13.2 Å². The minimum atomic E-state index is -0.203. The molecular weight excluding hydrogens is 293 g/mol. The summed E-state index contributed by atoms with van der Waals surface area (Å²) in [7, 11) is 0. The van der Waals surface area contributed by atoms with Gasteiger partial charge in [0.1, 0.15) is 5.82 Å². The lowest BCUT2D eigenvalue weighted by atomic mass is 10.2.